The van der Waals surface area contributed by atoms with Gasteiger partial charge in [-0.2, -0.15) is 0 Å². The monoisotopic (exact) mass is 328 g/mol. The summed E-state index contributed by atoms with van der Waals surface area (Å²) in [5.74, 6) is -0.143. The second-order valence-electron chi connectivity index (χ2n) is 5.27. The second-order valence-corrected chi connectivity index (χ2v) is 5.27. The third-order valence-electron chi connectivity index (χ3n) is 3.56. The SMILES string of the molecule is COc1cccc(C(=O)NNC(=O)c2ccc(C)cc2C)c1OC. The lowest BCUT2D eigenvalue weighted by molar-refractivity contribution is 0.0844. The maximum atomic E-state index is 12.3. The summed E-state index contributed by atoms with van der Waals surface area (Å²) in [6.45, 7) is 3.79. The number of ether oxygens (including phenoxy) is 2. The van der Waals surface area contributed by atoms with Crippen LogP contribution in [0.3, 0.4) is 0 Å². The number of rotatable bonds is 4. The van der Waals surface area contributed by atoms with E-state index in [1.165, 1.54) is 14.2 Å². The van der Waals surface area contributed by atoms with E-state index in [9.17, 15) is 9.59 Å². The molecule has 6 heteroatoms. The van der Waals surface area contributed by atoms with Crippen molar-refractivity contribution in [3.8, 4) is 11.5 Å². The lowest BCUT2D eigenvalue weighted by Gasteiger charge is -2.13. The Balaban J connectivity index is 2.12. The molecule has 0 heterocycles. The minimum atomic E-state index is -0.496. The van der Waals surface area contributed by atoms with Crippen molar-refractivity contribution >= 4 is 11.8 Å². The number of benzene rings is 2. The fourth-order valence-electron chi connectivity index (χ4n) is 2.38. The van der Waals surface area contributed by atoms with E-state index in [4.69, 9.17) is 9.47 Å². The van der Waals surface area contributed by atoms with Crippen molar-refractivity contribution in [3.05, 3.63) is 58.7 Å². The Morgan fingerprint density at radius 3 is 2.12 bits per heavy atom. The summed E-state index contributed by atoms with van der Waals surface area (Å²) in [6, 6.07) is 10.4. The van der Waals surface area contributed by atoms with E-state index in [0.29, 0.717) is 17.1 Å². The van der Waals surface area contributed by atoms with E-state index in [0.717, 1.165) is 11.1 Å². The highest BCUT2D eigenvalue weighted by molar-refractivity contribution is 6.01. The zero-order valence-corrected chi connectivity index (χ0v) is 14.1. The number of amides is 2. The van der Waals surface area contributed by atoms with Crippen LogP contribution in [-0.4, -0.2) is 26.0 Å². The van der Waals surface area contributed by atoms with Crippen molar-refractivity contribution in [2.24, 2.45) is 0 Å². The molecule has 2 aromatic carbocycles. The first kappa shape index (κ1) is 17.3. The molecule has 0 saturated heterocycles. The first-order valence-electron chi connectivity index (χ1n) is 7.37. The van der Waals surface area contributed by atoms with Crippen LogP contribution >= 0.6 is 0 Å². The molecule has 0 saturated carbocycles. The Labute approximate surface area is 140 Å². The van der Waals surface area contributed by atoms with Crippen molar-refractivity contribution in [1.29, 1.82) is 0 Å². The van der Waals surface area contributed by atoms with Crippen LogP contribution in [0.15, 0.2) is 36.4 Å². The normalized spacial score (nSPS) is 10.0. The average Bonchev–Trinajstić information content (AvgIpc) is 2.58. The summed E-state index contributed by atoms with van der Waals surface area (Å²) in [4.78, 5) is 24.5. The van der Waals surface area contributed by atoms with E-state index < -0.39 is 5.91 Å². The van der Waals surface area contributed by atoms with Crippen LogP contribution in [0.4, 0.5) is 0 Å². The Hall–Kier alpha value is -3.02. The first-order valence-corrected chi connectivity index (χ1v) is 7.37. The highest BCUT2D eigenvalue weighted by atomic mass is 16.5. The summed E-state index contributed by atoms with van der Waals surface area (Å²) < 4.78 is 10.4. The van der Waals surface area contributed by atoms with Crippen LogP contribution in [0.1, 0.15) is 31.8 Å². The van der Waals surface area contributed by atoms with Crippen molar-refractivity contribution in [1.82, 2.24) is 10.9 Å². The Morgan fingerprint density at radius 1 is 0.875 bits per heavy atom. The summed E-state index contributed by atoms with van der Waals surface area (Å²) >= 11 is 0. The Morgan fingerprint density at radius 2 is 1.54 bits per heavy atom. The van der Waals surface area contributed by atoms with Gasteiger partial charge in [-0.3, -0.25) is 20.4 Å². The fraction of sp³-hybridized carbons (Fsp3) is 0.222. The lowest BCUT2D eigenvalue weighted by atomic mass is 10.1. The molecular formula is C18H20N2O4. The molecule has 0 fully saturated rings. The predicted octanol–water partition coefficient (Wildman–Crippen LogP) is 2.40. The van der Waals surface area contributed by atoms with Gasteiger partial charge in [0.2, 0.25) is 0 Å². The van der Waals surface area contributed by atoms with Crippen LogP contribution in [0.2, 0.25) is 0 Å². The van der Waals surface area contributed by atoms with Gasteiger partial charge in [0.15, 0.2) is 11.5 Å². The number of hydrazine groups is 1. The number of hydrogen-bond acceptors (Lipinski definition) is 4. The van der Waals surface area contributed by atoms with Crippen LogP contribution in [0.25, 0.3) is 0 Å². The van der Waals surface area contributed by atoms with Crippen LogP contribution < -0.4 is 20.3 Å². The molecule has 0 aliphatic rings. The van der Waals surface area contributed by atoms with E-state index in [1.54, 1.807) is 24.3 Å². The Bertz CT molecular complexity index is 772. The van der Waals surface area contributed by atoms with Crippen molar-refractivity contribution in [3.63, 3.8) is 0 Å². The number of carbonyl (C=O) groups is 2. The van der Waals surface area contributed by atoms with Gasteiger partial charge in [0, 0.05) is 5.56 Å². The largest absolute Gasteiger partial charge is 0.493 e. The number of methoxy groups -OCH3 is 2. The third kappa shape index (κ3) is 3.65. The maximum Gasteiger partial charge on any atom is 0.273 e. The number of nitrogens with one attached hydrogen (secondary N) is 2. The predicted molar refractivity (Wildman–Crippen MR) is 90.4 cm³/mol. The molecule has 2 amide bonds. The minimum absolute atomic E-state index is 0.262. The molecule has 0 radical (unpaired) electrons. The molecule has 0 aromatic heterocycles. The second kappa shape index (κ2) is 7.50. The van der Waals surface area contributed by atoms with E-state index in [1.807, 2.05) is 26.0 Å². The molecule has 0 unspecified atom stereocenters. The van der Waals surface area contributed by atoms with Crippen LogP contribution in [0, 0.1) is 13.8 Å². The highest BCUT2D eigenvalue weighted by Gasteiger charge is 2.17. The van der Waals surface area contributed by atoms with Crippen molar-refractivity contribution in [2.45, 2.75) is 13.8 Å². The Kier molecular flexibility index (Phi) is 5.42. The first-order chi connectivity index (χ1) is 11.5. The number of carbonyl (C=O) groups excluding carboxylic acids is 2. The molecule has 126 valence electrons. The molecular weight excluding hydrogens is 308 g/mol. The minimum Gasteiger partial charge on any atom is -0.493 e. The van der Waals surface area contributed by atoms with Crippen LogP contribution in [-0.2, 0) is 0 Å². The average molecular weight is 328 g/mol. The molecule has 6 nitrogen and oxygen atoms in total. The highest BCUT2D eigenvalue weighted by Crippen LogP contribution is 2.30. The molecule has 2 rings (SSSR count). The van der Waals surface area contributed by atoms with E-state index >= 15 is 0 Å². The molecule has 24 heavy (non-hydrogen) atoms. The zero-order valence-electron chi connectivity index (χ0n) is 14.1. The summed E-state index contributed by atoms with van der Waals surface area (Å²) in [5, 5.41) is 0. The maximum absolute atomic E-state index is 12.3. The quantitative estimate of drug-likeness (QED) is 0.845. The van der Waals surface area contributed by atoms with E-state index in [2.05, 4.69) is 10.9 Å². The molecule has 0 bridgehead atoms. The summed E-state index contributed by atoms with van der Waals surface area (Å²) in [6.07, 6.45) is 0. The van der Waals surface area contributed by atoms with Crippen LogP contribution in [0.5, 0.6) is 11.5 Å². The van der Waals surface area contributed by atoms with E-state index in [-0.39, 0.29) is 11.5 Å². The fourth-order valence-corrected chi connectivity index (χ4v) is 2.38. The van der Waals surface area contributed by atoms with Gasteiger partial charge in [-0.25, -0.2) is 0 Å². The lowest BCUT2D eigenvalue weighted by Crippen LogP contribution is -2.42. The number of para-hydroxylation sites is 1. The topological polar surface area (TPSA) is 76.7 Å². The van der Waals surface area contributed by atoms with Crippen molar-refractivity contribution < 1.29 is 19.1 Å². The third-order valence-corrected chi connectivity index (χ3v) is 3.56. The molecule has 2 aromatic rings. The molecule has 0 spiro atoms. The van der Waals surface area contributed by atoms with Gasteiger partial charge in [0.1, 0.15) is 0 Å². The van der Waals surface area contributed by atoms with Gasteiger partial charge < -0.3 is 9.47 Å². The molecule has 2 N–H and O–H groups in total. The number of hydrogen-bond donors (Lipinski definition) is 2. The molecule has 0 aliphatic heterocycles. The summed E-state index contributed by atoms with van der Waals surface area (Å²) in [5.41, 5.74) is 7.46. The van der Waals surface area contributed by atoms with Gasteiger partial charge in [0.05, 0.1) is 19.8 Å². The van der Waals surface area contributed by atoms with Gasteiger partial charge in [-0.1, -0.05) is 23.8 Å². The van der Waals surface area contributed by atoms with Crippen molar-refractivity contribution in [2.75, 3.05) is 14.2 Å². The summed E-state index contributed by atoms with van der Waals surface area (Å²) in [7, 11) is 2.93. The standard InChI is InChI=1S/C18H20N2O4/c1-11-8-9-13(12(2)10-11)17(21)19-20-18(22)14-6-5-7-15(23-3)16(14)24-4/h5-10H,1-4H3,(H,19,21)(H,20,22). The van der Waals surface area contributed by atoms with Gasteiger partial charge in [-0.05, 0) is 37.6 Å². The van der Waals surface area contributed by atoms with Gasteiger partial charge in [0.25, 0.3) is 11.8 Å². The van der Waals surface area contributed by atoms with Gasteiger partial charge in [-0.15, -0.1) is 0 Å². The smallest absolute Gasteiger partial charge is 0.273 e. The zero-order chi connectivity index (χ0) is 17.7. The van der Waals surface area contributed by atoms with Gasteiger partial charge >= 0.3 is 0 Å². The number of aryl methyl sites for hydroxylation is 2. The molecule has 0 aliphatic carbocycles. The molecule has 0 atom stereocenters.